The van der Waals surface area contributed by atoms with Crippen LogP contribution in [0.3, 0.4) is 0 Å². The van der Waals surface area contributed by atoms with E-state index in [1.165, 1.54) is 19.3 Å². The van der Waals surface area contributed by atoms with E-state index in [-0.39, 0.29) is 6.10 Å². The maximum absolute atomic E-state index is 5.57. The lowest BCUT2D eigenvalue weighted by Gasteiger charge is -2.13. The lowest BCUT2D eigenvalue weighted by atomic mass is 10.1. The first-order chi connectivity index (χ1) is 7.43. The molecule has 86 valence electrons. The summed E-state index contributed by atoms with van der Waals surface area (Å²) in [5.74, 6) is 6.32. The molecule has 0 aromatic heterocycles. The fourth-order valence-electron chi connectivity index (χ4n) is 1.45. The van der Waals surface area contributed by atoms with Crippen LogP contribution in [0.1, 0.15) is 38.5 Å². The van der Waals surface area contributed by atoms with Gasteiger partial charge in [0.2, 0.25) is 0 Å². The van der Waals surface area contributed by atoms with Crippen LogP contribution >= 0.6 is 22.6 Å². The lowest BCUT2D eigenvalue weighted by Crippen LogP contribution is -2.14. The summed E-state index contributed by atoms with van der Waals surface area (Å²) in [4.78, 5) is 0. The van der Waals surface area contributed by atoms with Gasteiger partial charge in [0.15, 0.2) is 0 Å². The normalized spacial score (nSPS) is 21.3. The van der Waals surface area contributed by atoms with Crippen molar-refractivity contribution in [3.05, 3.63) is 0 Å². The van der Waals surface area contributed by atoms with Crippen molar-refractivity contribution in [1.29, 1.82) is 0 Å². The molecule has 0 radical (unpaired) electrons. The minimum absolute atomic E-state index is 0.102. The predicted octanol–water partition coefficient (Wildman–Crippen LogP) is 3.14. The van der Waals surface area contributed by atoms with Gasteiger partial charge < -0.3 is 9.47 Å². The molecule has 0 aromatic carbocycles. The third kappa shape index (κ3) is 7.15. The highest BCUT2D eigenvalue weighted by atomic mass is 127. The summed E-state index contributed by atoms with van der Waals surface area (Å²) in [6.07, 6.45) is 7.03. The monoisotopic (exact) mass is 322 g/mol. The van der Waals surface area contributed by atoms with Crippen LogP contribution in [0.25, 0.3) is 0 Å². The molecule has 0 amide bonds. The van der Waals surface area contributed by atoms with Crippen LogP contribution in [0.4, 0.5) is 0 Å². The molecular formula is C12H19IO2. The molecule has 0 bridgehead atoms. The molecular weight excluding hydrogens is 303 g/mol. The number of halogens is 1. The average Bonchev–Trinajstić information content (AvgIpc) is 2.20. The van der Waals surface area contributed by atoms with E-state index in [4.69, 9.17) is 9.47 Å². The molecule has 2 nitrogen and oxygen atoms in total. The summed E-state index contributed by atoms with van der Waals surface area (Å²) in [5.41, 5.74) is 0. The van der Waals surface area contributed by atoms with Gasteiger partial charge in [-0.15, -0.1) is 5.92 Å². The molecule has 0 heterocycles. The van der Waals surface area contributed by atoms with Crippen LogP contribution in [0.15, 0.2) is 0 Å². The molecule has 0 saturated heterocycles. The highest BCUT2D eigenvalue weighted by molar-refractivity contribution is 14.1. The van der Waals surface area contributed by atoms with Gasteiger partial charge in [-0.1, -0.05) is 34.9 Å². The fourth-order valence-corrected chi connectivity index (χ4v) is 1.76. The second kappa shape index (κ2) is 9.44. The second-order valence-corrected chi connectivity index (χ2v) is 4.72. The molecule has 1 aliphatic rings. The van der Waals surface area contributed by atoms with Gasteiger partial charge in [0.1, 0.15) is 12.9 Å². The Morgan fingerprint density at radius 2 is 2.20 bits per heavy atom. The van der Waals surface area contributed by atoms with E-state index < -0.39 is 0 Å². The average molecular weight is 322 g/mol. The molecule has 3 heteroatoms. The largest absolute Gasteiger partial charge is 0.355 e. The Bertz CT molecular complexity index is 207. The summed E-state index contributed by atoms with van der Waals surface area (Å²) in [6.45, 7) is 1.19. The van der Waals surface area contributed by atoms with E-state index in [9.17, 15) is 0 Å². The fraction of sp³-hybridized carbons (Fsp3) is 0.833. The van der Waals surface area contributed by atoms with Gasteiger partial charge in [-0.2, -0.15) is 0 Å². The molecule has 1 rings (SSSR count). The molecule has 1 atom stereocenters. The first kappa shape index (κ1) is 13.3. The van der Waals surface area contributed by atoms with E-state index in [1.54, 1.807) is 0 Å². The Hall–Kier alpha value is 0.210. The molecule has 0 fully saturated rings. The maximum Gasteiger partial charge on any atom is 0.148 e. The van der Waals surface area contributed by atoms with Crippen LogP contribution < -0.4 is 0 Å². The summed E-state index contributed by atoms with van der Waals surface area (Å²) in [6, 6.07) is 0. The summed E-state index contributed by atoms with van der Waals surface area (Å²) in [5, 5.41) is 0. The van der Waals surface area contributed by atoms with Crippen molar-refractivity contribution < 1.29 is 9.47 Å². The molecule has 0 N–H and O–H groups in total. The van der Waals surface area contributed by atoms with E-state index in [0.29, 0.717) is 6.79 Å². The van der Waals surface area contributed by atoms with E-state index >= 15 is 0 Å². The molecule has 0 aromatic rings. The predicted molar refractivity (Wildman–Crippen MR) is 70.1 cm³/mol. The van der Waals surface area contributed by atoms with Crippen molar-refractivity contribution in [1.82, 2.24) is 0 Å². The van der Waals surface area contributed by atoms with Crippen LogP contribution in [0, 0.1) is 11.8 Å². The quantitative estimate of drug-likeness (QED) is 0.246. The molecule has 0 saturated carbocycles. The smallest absolute Gasteiger partial charge is 0.148 e. The Kier molecular flexibility index (Phi) is 8.35. The third-order valence-corrected chi connectivity index (χ3v) is 3.07. The minimum Gasteiger partial charge on any atom is -0.355 e. The summed E-state index contributed by atoms with van der Waals surface area (Å²) >= 11 is 2.35. The third-order valence-electron chi connectivity index (χ3n) is 2.31. The Morgan fingerprint density at radius 1 is 1.27 bits per heavy atom. The van der Waals surface area contributed by atoms with E-state index in [2.05, 4.69) is 34.4 Å². The number of rotatable bonds is 6. The van der Waals surface area contributed by atoms with Crippen molar-refractivity contribution in [2.75, 3.05) is 17.8 Å². The molecule has 15 heavy (non-hydrogen) atoms. The van der Waals surface area contributed by atoms with Crippen LogP contribution in [0.5, 0.6) is 0 Å². The zero-order chi connectivity index (χ0) is 10.8. The van der Waals surface area contributed by atoms with Crippen LogP contribution in [-0.4, -0.2) is 23.9 Å². The van der Waals surface area contributed by atoms with Crippen molar-refractivity contribution >= 4 is 22.6 Å². The van der Waals surface area contributed by atoms with Gasteiger partial charge in [-0.05, 0) is 25.7 Å². The zero-order valence-electron chi connectivity index (χ0n) is 9.14. The zero-order valence-corrected chi connectivity index (χ0v) is 11.3. The summed E-state index contributed by atoms with van der Waals surface area (Å²) in [7, 11) is 0. The first-order valence-electron chi connectivity index (χ1n) is 5.67. The minimum atomic E-state index is 0.102. The topological polar surface area (TPSA) is 18.5 Å². The van der Waals surface area contributed by atoms with Gasteiger partial charge >= 0.3 is 0 Å². The Balaban J connectivity index is 2.07. The van der Waals surface area contributed by atoms with Gasteiger partial charge in [-0.3, -0.25) is 0 Å². The number of hydrogen-bond acceptors (Lipinski definition) is 2. The van der Waals surface area contributed by atoms with Crippen LogP contribution in [0.2, 0.25) is 0 Å². The number of alkyl halides is 1. The molecule has 1 unspecified atom stereocenters. The molecule has 0 aliphatic heterocycles. The van der Waals surface area contributed by atoms with Gasteiger partial charge in [0.05, 0.1) is 6.61 Å². The highest BCUT2D eigenvalue weighted by Crippen LogP contribution is 2.10. The van der Waals surface area contributed by atoms with Crippen molar-refractivity contribution in [2.45, 2.75) is 44.6 Å². The first-order valence-corrected chi connectivity index (χ1v) is 7.20. The van der Waals surface area contributed by atoms with Crippen molar-refractivity contribution in [3.8, 4) is 11.8 Å². The van der Waals surface area contributed by atoms with Crippen LogP contribution in [-0.2, 0) is 9.47 Å². The lowest BCUT2D eigenvalue weighted by molar-refractivity contribution is -0.0744. The number of ether oxygens (including phenoxy) is 2. The standard InChI is InChI=1S/C12H19IO2/c13-9-6-10-14-11-15-12-7-4-2-1-3-5-8-12/h12H,1-4,6-7,9-11H2. The van der Waals surface area contributed by atoms with Gasteiger partial charge in [0.25, 0.3) is 0 Å². The highest BCUT2D eigenvalue weighted by Gasteiger charge is 2.06. The van der Waals surface area contributed by atoms with Crippen molar-refractivity contribution in [3.63, 3.8) is 0 Å². The van der Waals surface area contributed by atoms with Gasteiger partial charge in [-0.25, -0.2) is 0 Å². The molecule has 1 aliphatic carbocycles. The maximum atomic E-state index is 5.57. The molecule has 0 spiro atoms. The van der Waals surface area contributed by atoms with Crippen molar-refractivity contribution in [2.24, 2.45) is 0 Å². The SMILES string of the molecule is ICCCOCOC1C#CCCCCC1. The van der Waals surface area contributed by atoms with E-state index in [1.807, 2.05) is 0 Å². The summed E-state index contributed by atoms with van der Waals surface area (Å²) < 4.78 is 12.1. The van der Waals surface area contributed by atoms with Gasteiger partial charge in [0, 0.05) is 10.8 Å². The van der Waals surface area contributed by atoms with E-state index in [0.717, 1.165) is 30.3 Å². The number of hydrogen-bond donors (Lipinski definition) is 0. The second-order valence-electron chi connectivity index (χ2n) is 3.64. The Labute approximate surface area is 106 Å². The Morgan fingerprint density at radius 3 is 3.07 bits per heavy atom.